The lowest BCUT2D eigenvalue weighted by molar-refractivity contribution is -0.139. The summed E-state index contributed by atoms with van der Waals surface area (Å²) in [6, 6.07) is 17.5. The molecule has 3 amide bonds. The van der Waals surface area contributed by atoms with E-state index in [1.165, 1.54) is 16.7 Å². The maximum absolute atomic E-state index is 13.2. The Bertz CT molecular complexity index is 1450. The van der Waals surface area contributed by atoms with Gasteiger partial charge in [-0.05, 0) is 66.5 Å². The van der Waals surface area contributed by atoms with Gasteiger partial charge in [-0.3, -0.25) is 4.79 Å². The molecule has 2 unspecified atom stereocenters. The van der Waals surface area contributed by atoms with Crippen LogP contribution in [0.25, 0.3) is 0 Å². The third-order valence-corrected chi connectivity index (χ3v) is 8.24. The molecular formula is C30H30Cl2N4O4. The molecule has 3 atom stereocenters. The van der Waals surface area contributed by atoms with E-state index in [2.05, 4.69) is 33.4 Å². The van der Waals surface area contributed by atoms with Crippen molar-refractivity contribution >= 4 is 46.8 Å². The highest BCUT2D eigenvalue weighted by Gasteiger charge is 2.28. The Morgan fingerprint density at radius 3 is 2.38 bits per heavy atom. The van der Waals surface area contributed by atoms with Crippen molar-refractivity contribution in [1.29, 1.82) is 0 Å². The SMILES string of the molecule is O=C(NCC(NC(=O)c1c(Cl)ccc(NC2CCc3ccccc3C2)c1Cl)C(=O)O)N[C@@H]1CCc2ccccc21. The van der Waals surface area contributed by atoms with Crippen molar-refractivity contribution in [3.8, 4) is 0 Å². The first kappa shape index (κ1) is 27.8. The highest BCUT2D eigenvalue weighted by atomic mass is 35.5. The molecule has 2 aliphatic carbocycles. The lowest BCUT2D eigenvalue weighted by atomic mass is 9.88. The zero-order valence-electron chi connectivity index (χ0n) is 21.7. The molecule has 0 fully saturated rings. The van der Waals surface area contributed by atoms with Crippen LogP contribution in [0, 0.1) is 0 Å². The van der Waals surface area contributed by atoms with E-state index in [-0.39, 0.29) is 34.2 Å². The first-order chi connectivity index (χ1) is 19.3. The smallest absolute Gasteiger partial charge is 0.328 e. The summed E-state index contributed by atoms with van der Waals surface area (Å²) >= 11 is 13.0. The summed E-state index contributed by atoms with van der Waals surface area (Å²) in [7, 11) is 0. The predicted molar refractivity (Wildman–Crippen MR) is 155 cm³/mol. The minimum atomic E-state index is -1.40. The van der Waals surface area contributed by atoms with E-state index in [1.807, 2.05) is 36.4 Å². The number of benzene rings is 3. The van der Waals surface area contributed by atoms with E-state index in [0.29, 0.717) is 5.69 Å². The van der Waals surface area contributed by atoms with Gasteiger partial charge in [0.25, 0.3) is 5.91 Å². The molecule has 8 nitrogen and oxygen atoms in total. The summed E-state index contributed by atoms with van der Waals surface area (Å²) in [5.41, 5.74) is 5.35. The van der Waals surface area contributed by atoms with Gasteiger partial charge >= 0.3 is 12.0 Å². The molecule has 208 valence electrons. The number of hydrogen-bond acceptors (Lipinski definition) is 4. The van der Waals surface area contributed by atoms with Crippen LogP contribution in [0.2, 0.25) is 10.0 Å². The number of urea groups is 1. The topological polar surface area (TPSA) is 120 Å². The maximum atomic E-state index is 13.2. The summed E-state index contributed by atoms with van der Waals surface area (Å²) in [4.78, 5) is 37.6. The number of nitrogens with one attached hydrogen (secondary N) is 4. The zero-order chi connectivity index (χ0) is 28.2. The molecule has 2 aliphatic rings. The van der Waals surface area contributed by atoms with Crippen LogP contribution in [0.3, 0.4) is 0 Å². The van der Waals surface area contributed by atoms with E-state index in [4.69, 9.17) is 23.2 Å². The van der Waals surface area contributed by atoms with Crippen LogP contribution in [-0.2, 0) is 24.1 Å². The zero-order valence-corrected chi connectivity index (χ0v) is 23.2. The van der Waals surface area contributed by atoms with Gasteiger partial charge in [0.05, 0.1) is 33.9 Å². The van der Waals surface area contributed by atoms with Crippen molar-refractivity contribution in [2.45, 2.75) is 50.2 Å². The predicted octanol–water partition coefficient (Wildman–Crippen LogP) is 5.13. The number of carbonyl (C=O) groups excluding carboxylic acids is 2. The highest BCUT2D eigenvalue weighted by molar-refractivity contribution is 6.41. The monoisotopic (exact) mass is 580 g/mol. The second-order valence-electron chi connectivity index (χ2n) is 10.1. The van der Waals surface area contributed by atoms with Crippen molar-refractivity contribution in [2.75, 3.05) is 11.9 Å². The summed E-state index contributed by atoms with van der Waals surface area (Å²) in [5.74, 6) is -2.05. The van der Waals surface area contributed by atoms with Gasteiger partial charge in [-0.2, -0.15) is 0 Å². The number of rotatable bonds is 8. The van der Waals surface area contributed by atoms with Gasteiger partial charge in [0.1, 0.15) is 6.04 Å². The van der Waals surface area contributed by atoms with Crippen LogP contribution in [0.4, 0.5) is 10.5 Å². The molecule has 0 saturated heterocycles. The Labute approximate surface area is 242 Å². The first-order valence-corrected chi connectivity index (χ1v) is 14.0. The molecule has 40 heavy (non-hydrogen) atoms. The van der Waals surface area contributed by atoms with Crippen LogP contribution in [0.1, 0.15) is 51.5 Å². The van der Waals surface area contributed by atoms with Crippen molar-refractivity contribution in [3.63, 3.8) is 0 Å². The van der Waals surface area contributed by atoms with Gasteiger partial charge in [0.2, 0.25) is 0 Å². The number of carboxylic acid groups (broad SMARTS) is 1. The first-order valence-electron chi connectivity index (χ1n) is 13.3. The number of carbonyl (C=O) groups is 3. The van der Waals surface area contributed by atoms with Crippen molar-refractivity contribution in [1.82, 2.24) is 16.0 Å². The summed E-state index contributed by atoms with van der Waals surface area (Å²) in [6.45, 7) is -0.323. The Morgan fingerprint density at radius 2 is 1.60 bits per heavy atom. The van der Waals surface area contributed by atoms with E-state index in [0.717, 1.165) is 37.7 Å². The Balaban J connectivity index is 1.21. The number of aliphatic carboxylic acids is 1. The minimum Gasteiger partial charge on any atom is -0.480 e. The van der Waals surface area contributed by atoms with E-state index >= 15 is 0 Å². The fraction of sp³-hybridized carbons (Fsp3) is 0.300. The second-order valence-corrected chi connectivity index (χ2v) is 10.9. The normalized spacial score (nSPS) is 18.1. The van der Waals surface area contributed by atoms with E-state index < -0.39 is 23.9 Å². The molecular weight excluding hydrogens is 551 g/mol. The number of halogens is 2. The molecule has 0 spiro atoms. The van der Waals surface area contributed by atoms with Crippen LogP contribution in [0.15, 0.2) is 60.7 Å². The molecule has 0 heterocycles. The number of anilines is 1. The number of amides is 3. The number of hydrogen-bond donors (Lipinski definition) is 5. The van der Waals surface area contributed by atoms with Gasteiger partial charge in [-0.1, -0.05) is 71.7 Å². The maximum Gasteiger partial charge on any atom is 0.328 e. The van der Waals surface area contributed by atoms with Crippen LogP contribution >= 0.6 is 23.2 Å². The lowest BCUT2D eigenvalue weighted by Crippen LogP contribution is -2.50. The fourth-order valence-corrected chi connectivity index (χ4v) is 6.05. The molecule has 5 rings (SSSR count). The van der Waals surface area contributed by atoms with Gasteiger partial charge < -0.3 is 26.4 Å². The third-order valence-electron chi connectivity index (χ3n) is 7.53. The summed E-state index contributed by atoms with van der Waals surface area (Å²) in [5, 5.41) is 21.2. The number of fused-ring (bicyclic) bond motifs is 2. The highest BCUT2D eigenvalue weighted by Crippen LogP contribution is 2.34. The summed E-state index contributed by atoms with van der Waals surface area (Å²) < 4.78 is 0. The Morgan fingerprint density at radius 1 is 0.900 bits per heavy atom. The molecule has 3 aromatic rings. The molecule has 5 N–H and O–H groups in total. The number of aryl methyl sites for hydroxylation is 2. The van der Waals surface area contributed by atoms with Gasteiger partial charge in [0, 0.05) is 6.04 Å². The minimum absolute atomic E-state index is 0.0252. The quantitative estimate of drug-likeness (QED) is 0.253. The second kappa shape index (κ2) is 12.2. The van der Waals surface area contributed by atoms with Crippen LogP contribution < -0.4 is 21.3 Å². The average molecular weight is 582 g/mol. The molecule has 0 radical (unpaired) electrons. The van der Waals surface area contributed by atoms with Crippen molar-refractivity contribution < 1.29 is 19.5 Å². The van der Waals surface area contributed by atoms with Crippen LogP contribution in [-0.4, -0.2) is 41.6 Å². The fourth-order valence-electron chi connectivity index (χ4n) is 5.45. The average Bonchev–Trinajstić information content (AvgIpc) is 3.35. The van der Waals surface area contributed by atoms with E-state index in [1.54, 1.807) is 12.1 Å². The summed E-state index contributed by atoms with van der Waals surface area (Å²) in [6.07, 6.45) is 4.27. The molecule has 3 aromatic carbocycles. The Kier molecular flexibility index (Phi) is 8.47. The molecule has 0 saturated carbocycles. The molecule has 0 bridgehead atoms. The van der Waals surface area contributed by atoms with E-state index in [9.17, 15) is 19.5 Å². The molecule has 0 aliphatic heterocycles. The third kappa shape index (κ3) is 6.18. The van der Waals surface area contributed by atoms with Crippen LogP contribution in [0.5, 0.6) is 0 Å². The largest absolute Gasteiger partial charge is 0.480 e. The lowest BCUT2D eigenvalue weighted by Gasteiger charge is -2.27. The van der Waals surface area contributed by atoms with Gasteiger partial charge in [-0.25, -0.2) is 9.59 Å². The molecule has 0 aromatic heterocycles. The van der Waals surface area contributed by atoms with Crippen molar-refractivity contribution in [2.24, 2.45) is 0 Å². The van der Waals surface area contributed by atoms with Gasteiger partial charge in [0.15, 0.2) is 0 Å². The number of carboxylic acids is 1. The molecule has 10 heteroatoms. The standard InChI is InChI=1S/C30H30Cl2N4O4/c31-22-12-14-24(34-20-11-9-17-5-1-2-7-19(17)15-20)27(32)26(22)28(37)35-25(29(38)39)16-33-30(40)36-23-13-10-18-6-3-4-8-21(18)23/h1-8,12,14,20,23,25,34H,9-11,13,15-16H2,(H,35,37)(H,38,39)(H2,33,36,40)/t20?,23-,25?/m1/s1. The van der Waals surface area contributed by atoms with Crippen molar-refractivity contribution in [3.05, 3.63) is 98.5 Å². The van der Waals surface area contributed by atoms with Gasteiger partial charge in [-0.15, -0.1) is 0 Å². The Hall–Kier alpha value is -3.75.